The summed E-state index contributed by atoms with van der Waals surface area (Å²) in [6.07, 6.45) is 3.35. The number of benzene rings is 2. The van der Waals surface area contributed by atoms with Crippen molar-refractivity contribution in [1.82, 2.24) is 19.7 Å². The van der Waals surface area contributed by atoms with Crippen molar-refractivity contribution in [3.8, 4) is 22.8 Å². The molecule has 34 heavy (non-hydrogen) atoms. The minimum absolute atomic E-state index is 0.0268. The van der Waals surface area contributed by atoms with Crippen LogP contribution in [-0.2, 0) is 4.79 Å². The second kappa shape index (κ2) is 10.1. The van der Waals surface area contributed by atoms with Crippen molar-refractivity contribution in [3.63, 3.8) is 0 Å². The lowest BCUT2D eigenvalue weighted by molar-refractivity contribution is -0.384. The van der Waals surface area contributed by atoms with Crippen molar-refractivity contribution in [2.75, 3.05) is 18.2 Å². The summed E-state index contributed by atoms with van der Waals surface area (Å²) in [5.41, 5.74) is 2.74. The maximum atomic E-state index is 12.6. The first-order valence-corrected chi connectivity index (χ1v) is 11.1. The van der Waals surface area contributed by atoms with Crippen LogP contribution in [0.25, 0.3) is 17.1 Å². The number of carbonyl (C=O) groups excluding carboxylic acids is 1. The van der Waals surface area contributed by atoms with Gasteiger partial charge in [0, 0.05) is 41.5 Å². The number of thioether (sulfide) groups is 1. The zero-order valence-electron chi connectivity index (χ0n) is 18.3. The zero-order chi connectivity index (χ0) is 24.1. The van der Waals surface area contributed by atoms with Crippen LogP contribution in [0.2, 0.25) is 0 Å². The van der Waals surface area contributed by atoms with Gasteiger partial charge in [-0.1, -0.05) is 11.8 Å². The Labute approximate surface area is 199 Å². The van der Waals surface area contributed by atoms with Crippen LogP contribution in [0.15, 0.2) is 72.1 Å². The molecule has 0 aliphatic heterocycles. The number of nitrogens with zero attached hydrogens (tertiary/aromatic N) is 5. The number of hydrogen-bond donors (Lipinski definition) is 1. The number of nitro groups is 1. The lowest BCUT2D eigenvalue weighted by Gasteiger charge is -2.11. The van der Waals surface area contributed by atoms with E-state index in [1.165, 1.54) is 30.0 Å². The summed E-state index contributed by atoms with van der Waals surface area (Å²) >= 11 is 1.23. The number of hydrogen-bond acceptors (Lipinski definition) is 8. The SMILES string of the molecule is COc1ccc(-n2c(SCC(=O)Nc3ccc([N+](=O)[O-])cc3C)nnc2-c2ccncc2)cc1. The summed E-state index contributed by atoms with van der Waals surface area (Å²) in [5, 5.41) is 22.9. The highest BCUT2D eigenvalue weighted by atomic mass is 32.2. The van der Waals surface area contributed by atoms with Crippen molar-refractivity contribution in [2.45, 2.75) is 12.1 Å². The summed E-state index contributed by atoms with van der Waals surface area (Å²) < 4.78 is 7.12. The number of aromatic nitrogens is 4. The monoisotopic (exact) mass is 476 g/mol. The topological polar surface area (TPSA) is 125 Å². The molecule has 4 aromatic rings. The molecule has 0 unspecified atom stereocenters. The first-order chi connectivity index (χ1) is 16.5. The summed E-state index contributed by atoms with van der Waals surface area (Å²) in [4.78, 5) is 27.1. The average Bonchev–Trinajstić information content (AvgIpc) is 3.28. The number of methoxy groups -OCH3 is 1. The van der Waals surface area contributed by atoms with Crippen LogP contribution in [0.5, 0.6) is 5.75 Å². The van der Waals surface area contributed by atoms with Gasteiger partial charge in [0.2, 0.25) is 5.91 Å². The van der Waals surface area contributed by atoms with Crippen molar-refractivity contribution < 1.29 is 14.5 Å². The van der Waals surface area contributed by atoms with Gasteiger partial charge in [0.05, 0.1) is 17.8 Å². The molecule has 0 saturated heterocycles. The lowest BCUT2D eigenvalue weighted by atomic mass is 10.2. The first kappa shape index (κ1) is 22.9. The van der Waals surface area contributed by atoms with E-state index < -0.39 is 4.92 Å². The molecule has 4 rings (SSSR count). The van der Waals surface area contributed by atoms with E-state index in [1.54, 1.807) is 26.4 Å². The van der Waals surface area contributed by atoms with Gasteiger partial charge < -0.3 is 10.1 Å². The number of aryl methyl sites for hydroxylation is 1. The molecule has 0 radical (unpaired) electrons. The number of anilines is 1. The van der Waals surface area contributed by atoms with Gasteiger partial charge in [0.1, 0.15) is 5.75 Å². The summed E-state index contributed by atoms with van der Waals surface area (Å²) in [6.45, 7) is 1.71. The molecule has 0 aliphatic rings. The Morgan fingerprint density at radius 2 is 1.85 bits per heavy atom. The van der Waals surface area contributed by atoms with E-state index in [4.69, 9.17) is 4.74 Å². The maximum absolute atomic E-state index is 12.6. The predicted octanol–water partition coefficient (Wildman–Crippen LogP) is 4.29. The molecule has 2 aromatic carbocycles. The van der Waals surface area contributed by atoms with Crippen LogP contribution in [0.4, 0.5) is 11.4 Å². The molecule has 0 bridgehead atoms. The van der Waals surface area contributed by atoms with Crippen molar-refractivity contribution in [2.24, 2.45) is 0 Å². The number of non-ortho nitro benzene ring substituents is 1. The number of pyridine rings is 1. The standard InChI is InChI=1S/C23H20N6O4S/c1-15-13-18(29(31)32)5-8-20(15)25-21(30)14-34-23-27-26-22(16-9-11-24-12-10-16)28(23)17-3-6-19(33-2)7-4-17/h3-13H,14H2,1-2H3,(H,25,30). The second-order valence-corrected chi connectivity index (χ2v) is 8.11. The van der Waals surface area contributed by atoms with Gasteiger partial charge in [-0.2, -0.15) is 0 Å². The maximum Gasteiger partial charge on any atom is 0.269 e. The number of nitro benzene ring substituents is 1. The Morgan fingerprint density at radius 3 is 2.50 bits per heavy atom. The fourth-order valence-electron chi connectivity index (χ4n) is 3.23. The molecule has 0 aliphatic carbocycles. The van der Waals surface area contributed by atoms with Crippen molar-refractivity contribution in [3.05, 3.63) is 82.7 Å². The second-order valence-electron chi connectivity index (χ2n) is 7.17. The largest absolute Gasteiger partial charge is 0.497 e. The van der Waals surface area contributed by atoms with Crippen LogP contribution >= 0.6 is 11.8 Å². The van der Waals surface area contributed by atoms with Gasteiger partial charge >= 0.3 is 0 Å². The normalized spacial score (nSPS) is 10.6. The minimum atomic E-state index is -0.471. The smallest absolute Gasteiger partial charge is 0.269 e. The van der Waals surface area contributed by atoms with Gasteiger partial charge in [0.15, 0.2) is 11.0 Å². The number of ether oxygens (including phenoxy) is 1. The third-order valence-corrected chi connectivity index (χ3v) is 5.86. The van der Waals surface area contributed by atoms with E-state index in [2.05, 4.69) is 20.5 Å². The highest BCUT2D eigenvalue weighted by molar-refractivity contribution is 7.99. The van der Waals surface area contributed by atoms with Gasteiger partial charge in [-0.05, 0) is 55.0 Å². The highest BCUT2D eigenvalue weighted by Gasteiger charge is 2.18. The van der Waals surface area contributed by atoms with Crippen LogP contribution in [0.3, 0.4) is 0 Å². The van der Waals surface area contributed by atoms with E-state index in [1.807, 2.05) is 41.0 Å². The van der Waals surface area contributed by atoms with E-state index in [0.717, 1.165) is 11.3 Å². The van der Waals surface area contributed by atoms with Crippen LogP contribution in [-0.4, -0.2) is 43.4 Å². The molecule has 0 saturated carbocycles. The predicted molar refractivity (Wildman–Crippen MR) is 128 cm³/mol. The molecule has 0 spiro atoms. The molecule has 172 valence electrons. The molecule has 1 amide bonds. The Morgan fingerprint density at radius 1 is 1.12 bits per heavy atom. The van der Waals surface area contributed by atoms with Crippen molar-refractivity contribution >= 4 is 29.0 Å². The van der Waals surface area contributed by atoms with Crippen LogP contribution < -0.4 is 10.1 Å². The number of carbonyl (C=O) groups is 1. The lowest BCUT2D eigenvalue weighted by Crippen LogP contribution is -2.15. The Bertz CT molecular complexity index is 1330. The first-order valence-electron chi connectivity index (χ1n) is 10.1. The quantitative estimate of drug-likeness (QED) is 0.227. The Hall–Kier alpha value is -4.25. The molecule has 1 N–H and O–H groups in total. The summed E-state index contributed by atoms with van der Waals surface area (Å²) in [5.74, 6) is 1.13. The molecular formula is C23H20N6O4S. The molecular weight excluding hydrogens is 456 g/mol. The number of nitrogens with one attached hydrogen (secondary N) is 1. The van der Waals surface area contributed by atoms with E-state index in [0.29, 0.717) is 28.0 Å². The fourth-order valence-corrected chi connectivity index (χ4v) is 3.99. The van der Waals surface area contributed by atoms with Crippen LogP contribution in [0.1, 0.15) is 5.56 Å². The van der Waals surface area contributed by atoms with Gasteiger partial charge in [-0.25, -0.2) is 0 Å². The van der Waals surface area contributed by atoms with E-state index >= 15 is 0 Å². The van der Waals surface area contributed by atoms with E-state index in [9.17, 15) is 14.9 Å². The van der Waals surface area contributed by atoms with Crippen LogP contribution in [0, 0.1) is 17.0 Å². The third kappa shape index (κ3) is 5.04. The molecule has 10 nitrogen and oxygen atoms in total. The Balaban J connectivity index is 1.56. The minimum Gasteiger partial charge on any atom is -0.497 e. The highest BCUT2D eigenvalue weighted by Crippen LogP contribution is 2.29. The zero-order valence-corrected chi connectivity index (χ0v) is 19.2. The van der Waals surface area contributed by atoms with E-state index in [-0.39, 0.29) is 17.3 Å². The van der Waals surface area contributed by atoms with Gasteiger partial charge in [0.25, 0.3) is 5.69 Å². The Kier molecular flexibility index (Phi) is 6.83. The molecule has 11 heteroatoms. The molecule has 0 fully saturated rings. The average molecular weight is 477 g/mol. The van der Waals surface area contributed by atoms with Gasteiger partial charge in [-0.15, -0.1) is 10.2 Å². The number of amides is 1. The summed E-state index contributed by atoms with van der Waals surface area (Å²) in [7, 11) is 1.60. The summed E-state index contributed by atoms with van der Waals surface area (Å²) in [6, 6.07) is 15.4. The molecule has 2 aromatic heterocycles. The third-order valence-electron chi connectivity index (χ3n) is 4.93. The molecule has 0 atom stereocenters. The number of rotatable bonds is 8. The van der Waals surface area contributed by atoms with Crippen molar-refractivity contribution in [1.29, 1.82) is 0 Å². The fraction of sp³-hybridized carbons (Fsp3) is 0.130. The van der Waals surface area contributed by atoms with Gasteiger partial charge in [-0.3, -0.25) is 24.5 Å². The molecule has 2 heterocycles.